The molecule has 0 aliphatic carbocycles. The van der Waals surface area contributed by atoms with E-state index in [0.717, 1.165) is 28.3 Å². The maximum absolute atomic E-state index is 13.3. The number of hydrazine groups is 1. The number of aryl methyl sites for hydroxylation is 1. The smallest absolute Gasteiger partial charge is 0.251 e. The van der Waals surface area contributed by atoms with E-state index in [4.69, 9.17) is 25.5 Å². The zero-order valence-corrected chi connectivity index (χ0v) is 18.6. The highest BCUT2D eigenvalue weighted by Crippen LogP contribution is 2.38. The van der Waals surface area contributed by atoms with Crippen molar-refractivity contribution in [3.8, 4) is 23.0 Å². The average Bonchev–Trinajstić information content (AvgIpc) is 3.54. The largest absolute Gasteiger partial charge is 0.454 e. The third-order valence-electron chi connectivity index (χ3n) is 6.18. The van der Waals surface area contributed by atoms with E-state index in [1.54, 1.807) is 23.2 Å². The summed E-state index contributed by atoms with van der Waals surface area (Å²) in [5.41, 5.74) is 6.04. The van der Waals surface area contributed by atoms with Crippen molar-refractivity contribution in [2.75, 3.05) is 6.79 Å². The number of hydrogen-bond donors (Lipinski definition) is 1. The van der Waals surface area contributed by atoms with Gasteiger partial charge in [0.25, 0.3) is 5.91 Å². The third kappa shape index (κ3) is 3.61. The maximum atomic E-state index is 13.3. The van der Waals surface area contributed by atoms with Gasteiger partial charge < -0.3 is 23.8 Å². The summed E-state index contributed by atoms with van der Waals surface area (Å²) in [4.78, 5) is 19.6. The molecule has 168 valence electrons. The first-order chi connectivity index (χ1) is 16.0. The molecule has 0 radical (unpaired) electrons. The fourth-order valence-corrected chi connectivity index (χ4v) is 4.49. The Hall–Kier alpha value is -3.49. The number of hydrogen-bond acceptors (Lipinski definition) is 7. The Morgan fingerprint density at radius 2 is 1.94 bits per heavy atom. The molecule has 9 heteroatoms. The number of benzene rings is 2. The molecule has 1 N–H and O–H groups in total. The molecule has 0 saturated carbocycles. The van der Waals surface area contributed by atoms with Crippen LogP contribution in [0, 0.1) is 6.92 Å². The standard InChI is InChI=1S/C24H21ClN4O4/c1-14-19(26-23(33-14)15-2-5-17(25)6-3-15)12-28-8-9-29-20(24(28)30)11-18(27-29)16-4-7-21-22(10-16)32-13-31-21/h2-10,18,20,27H,11-13H2,1H3. The van der Waals surface area contributed by atoms with Crippen LogP contribution in [0.5, 0.6) is 11.5 Å². The lowest BCUT2D eigenvalue weighted by Crippen LogP contribution is -2.47. The van der Waals surface area contributed by atoms with Crippen LogP contribution in [0.1, 0.15) is 29.5 Å². The van der Waals surface area contributed by atoms with Crippen molar-refractivity contribution in [3.05, 3.63) is 76.9 Å². The van der Waals surface area contributed by atoms with Crippen molar-refractivity contribution in [2.45, 2.75) is 32.0 Å². The van der Waals surface area contributed by atoms with Gasteiger partial charge >= 0.3 is 0 Å². The van der Waals surface area contributed by atoms with Gasteiger partial charge in [0.2, 0.25) is 12.7 Å². The molecule has 0 spiro atoms. The summed E-state index contributed by atoms with van der Waals surface area (Å²) < 4.78 is 16.8. The molecule has 2 aromatic carbocycles. The highest BCUT2D eigenvalue weighted by Gasteiger charge is 2.40. The third-order valence-corrected chi connectivity index (χ3v) is 6.43. The molecule has 3 aliphatic heterocycles. The highest BCUT2D eigenvalue weighted by molar-refractivity contribution is 6.30. The van der Waals surface area contributed by atoms with E-state index in [9.17, 15) is 4.79 Å². The van der Waals surface area contributed by atoms with Crippen molar-refractivity contribution < 1.29 is 18.7 Å². The Balaban J connectivity index is 1.17. The highest BCUT2D eigenvalue weighted by atomic mass is 35.5. The molecule has 8 nitrogen and oxygen atoms in total. The van der Waals surface area contributed by atoms with Crippen LogP contribution in [0.15, 0.2) is 59.3 Å². The first-order valence-electron chi connectivity index (χ1n) is 10.7. The van der Waals surface area contributed by atoms with E-state index >= 15 is 0 Å². The van der Waals surface area contributed by atoms with Gasteiger partial charge in [-0.3, -0.25) is 4.79 Å². The van der Waals surface area contributed by atoms with Crippen LogP contribution < -0.4 is 14.9 Å². The van der Waals surface area contributed by atoms with Crippen molar-refractivity contribution in [1.82, 2.24) is 20.3 Å². The lowest BCUT2D eigenvalue weighted by Gasteiger charge is -2.31. The molecule has 4 heterocycles. The normalized spacial score (nSPS) is 21.1. The first kappa shape index (κ1) is 20.1. The zero-order valence-electron chi connectivity index (χ0n) is 17.8. The lowest BCUT2D eigenvalue weighted by atomic mass is 10.0. The number of fused-ring (bicyclic) bond motifs is 2. The van der Waals surface area contributed by atoms with Crippen LogP contribution in [0.3, 0.4) is 0 Å². The van der Waals surface area contributed by atoms with Gasteiger partial charge in [-0.1, -0.05) is 17.7 Å². The monoisotopic (exact) mass is 464 g/mol. The SMILES string of the molecule is Cc1oc(-c2ccc(Cl)cc2)nc1CN1C=CN2NC(c3ccc4c(c3)OCO4)CC2C1=O. The van der Waals surface area contributed by atoms with Crippen LogP contribution in [-0.4, -0.2) is 33.6 Å². The molecule has 1 fully saturated rings. The molecule has 2 unspecified atom stereocenters. The number of aromatic nitrogens is 1. The molecule has 6 rings (SSSR count). The Morgan fingerprint density at radius 1 is 1.12 bits per heavy atom. The molecular weight excluding hydrogens is 444 g/mol. The van der Waals surface area contributed by atoms with E-state index in [0.29, 0.717) is 29.6 Å². The van der Waals surface area contributed by atoms with Crippen LogP contribution in [0.4, 0.5) is 0 Å². The molecule has 0 bridgehead atoms. The average molecular weight is 465 g/mol. The van der Waals surface area contributed by atoms with Crippen molar-refractivity contribution in [1.29, 1.82) is 0 Å². The lowest BCUT2D eigenvalue weighted by molar-refractivity contribution is -0.135. The Labute approximate surface area is 195 Å². The summed E-state index contributed by atoms with van der Waals surface area (Å²) in [7, 11) is 0. The van der Waals surface area contributed by atoms with Crippen LogP contribution in [0.2, 0.25) is 5.02 Å². The quantitative estimate of drug-likeness (QED) is 0.620. The van der Waals surface area contributed by atoms with E-state index in [1.807, 2.05) is 48.5 Å². The summed E-state index contributed by atoms with van der Waals surface area (Å²) in [5, 5.41) is 2.53. The van der Waals surface area contributed by atoms with Gasteiger partial charge in [-0.2, -0.15) is 0 Å². The number of oxazole rings is 1. The minimum Gasteiger partial charge on any atom is -0.454 e. The molecule has 2 atom stereocenters. The van der Waals surface area contributed by atoms with Crippen LogP contribution in [0.25, 0.3) is 11.5 Å². The molecule has 33 heavy (non-hydrogen) atoms. The number of nitrogens with one attached hydrogen (secondary N) is 1. The van der Waals surface area contributed by atoms with Gasteiger partial charge in [0.1, 0.15) is 17.5 Å². The second-order valence-electron chi connectivity index (χ2n) is 8.25. The number of carbonyl (C=O) groups is 1. The van der Waals surface area contributed by atoms with E-state index in [-0.39, 0.29) is 24.8 Å². The van der Waals surface area contributed by atoms with Gasteiger partial charge in [0.15, 0.2) is 11.5 Å². The molecule has 1 saturated heterocycles. The topological polar surface area (TPSA) is 80.1 Å². The van der Waals surface area contributed by atoms with Crippen molar-refractivity contribution in [2.24, 2.45) is 0 Å². The maximum Gasteiger partial charge on any atom is 0.251 e. The number of ether oxygens (including phenoxy) is 2. The molecule has 1 aromatic heterocycles. The van der Waals surface area contributed by atoms with E-state index in [1.165, 1.54) is 0 Å². The predicted molar refractivity (Wildman–Crippen MR) is 120 cm³/mol. The Bertz CT molecular complexity index is 1260. The second-order valence-corrected chi connectivity index (χ2v) is 8.68. The summed E-state index contributed by atoms with van der Waals surface area (Å²) in [5.74, 6) is 2.70. The van der Waals surface area contributed by atoms with Crippen LogP contribution in [-0.2, 0) is 11.3 Å². The summed E-state index contributed by atoms with van der Waals surface area (Å²) in [6.45, 7) is 2.44. The minimum atomic E-state index is -0.298. The van der Waals surface area contributed by atoms with Gasteiger partial charge in [0.05, 0.1) is 12.6 Å². The van der Waals surface area contributed by atoms with E-state index < -0.39 is 0 Å². The molecule has 3 aliphatic rings. The Morgan fingerprint density at radius 3 is 2.79 bits per heavy atom. The van der Waals surface area contributed by atoms with Crippen LogP contribution >= 0.6 is 11.6 Å². The number of halogens is 1. The van der Waals surface area contributed by atoms with E-state index in [2.05, 4.69) is 10.4 Å². The van der Waals surface area contributed by atoms with Gasteiger partial charge in [-0.05, 0) is 55.3 Å². The first-order valence-corrected chi connectivity index (χ1v) is 11.1. The molecule has 1 amide bonds. The fraction of sp³-hybridized carbons (Fsp3) is 0.250. The fourth-order valence-electron chi connectivity index (χ4n) is 4.37. The predicted octanol–water partition coefficient (Wildman–Crippen LogP) is 4.17. The van der Waals surface area contributed by atoms with Gasteiger partial charge in [0, 0.05) is 23.0 Å². The summed E-state index contributed by atoms with van der Waals surface area (Å²) in [6.07, 6.45) is 4.33. The number of amides is 1. The second kappa shape index (κ2) is 7.83. The Kier molecular flexibility index (Phi) is 4.78. The van der Waals surface area contributed by atoms with Crippen molar-refractivity contribution in [3.63, 3.8) is 0 Å². The number of nitrogens with zero attached hydrogens (tertiary/aromatic N) is 3. The summed E-state index contributed by atoms with van der Waals surface area (Å²) >= 11 is 5.98. The van der Waals surface area contributed by atoms with Gasteiger partial charge in [-0.25, -0.2) is 10.4 Å². The minimum absolute atomic E-state index is 0.00310. The molecule has 3 aromatic rings. The summed E-state index contributed by atoms with van der Waals surface area (Å²) in [6, 6.07) is 12.9. The molecular formula is C24H21ClN4O4. The van der Waals surface area contributed by atoms with Gasteiger partial charge in [-0.15, -0.1) is 0 Å². The number of carbonyl (C=O) groups excluding carboxylic acids is 1. The van der Waals surface area contributed by atoms with Crippen molar-refractivity contribution >= 4 is 17.5 Å². The number of rotatable bonds is 4. The zero-order chi connectivity index (χ0) is 22.5.